The average Bonchev–Trinajstić information content (AvgIpc) is 3.17. The molecule has 2 N–H and O–H groups in total. The van der Waals surface area contributed by atoms with Gasteiger partial charge in [-0.2, -0.15) is 0 Å². The third-order valence-corrected chi connectivity index (χ3v) is 5.03. The standard InChI is InChI=1S/C16H13N5O4S2/c1-8(22)18-16-20-11-4-3-10(19-15(11)26-16)9-5-12-14(25-7-17-12)13(6-9)21-27(2,23)24/h3-7,21H,1-2H3,(H,18,20,22). The molecule has 0 saturated heterocycles. The maximum Gasteiger partial charge on any atom is 0.229 e. The number of aromatic nitrogens is 3. The first-order valence-corrected chi connectivity index (χ1v) is 10.4. The van der Waals surface area contributed by atoms with E-state index in [0.29, 0.717) is 37.8 Å². The van der Waals surface area contributed by atoms with Crippen molar-refractivity contribution in [2.45, 2.75) is 6.92 Å². The van der Waals surface area contributed by atoms with Crippen molar-refractivity contribution in [2.24, 2.45) is 0 Å². The lowest BCUT2D eigenvalue weighted by Gasteiger charge is -2.07. The Labute approximate surface area is 157 Å². The Morgan fingerprint density at radius 1 is 1.19 bits per heavy atom. The number of carbonyl (C=O) groups excluding carboxylic acids is 1. The minimum absolute atomic E-state index is 0.206. The normalized spacial score (nSPS) is 11.8. The Kier molecular flexibility index (Phi) is 4.04. The van der Waals surface area contributed by atoms with Gasteiger partial charge in [0, 0.05) is 12.5 Å². The van der Waals surface area contributed by atoms with Gasteiger partial charge in [0.15, 0.2) is 17.1 Å². The Balaban J connectivity index is 1.82. The van der Waals surface area contributed by atoms with Crippen molar-refractivity contribution >= 4 is 59.5 Å². The zero-order chi connectivity index (χ0) is 19.2. The second-order valence-corrected chi connectivity index (χ2v) is 8.55. The van der Waals surface area contributed by atoms with Gasteiger partial charge in [0.25, 0.3) is 0 Å². The minimum Gasteiger partial charge on any atom is -0.441 e. The summed E-state index contributed by atoms with van der Waals surface area (Å²) >= 11 is 1.25. The van der Waals surface area contributed by atoms with E-state index >= 15 is 0 Å². The number of benzene rings is 1. The number of anilines is 2. The Hall–Kier alpha value is -3.05. The molecule has 0 aliphatic carbocycles. The number of pyridine rings is 1. The first-order chi connectivity index (χ1) is 12.8. The van der Waals surface area contributed by atoms with Crippen LogP contribution in [-0.4, -0.2) is 35.5 Å². The number of hydrogen-bond acceptors (Lipinski definition) is 8. The molecule has 0 aliphatic rings. The monoisotopic (exact) mass is 403 g/mol. The van der Waals surface area contributed by atoms with Gasteiger partial charge in [0.05, 0.1) is 17.6 Å². The van der Waals surface area contributed by atoms with Crippen molar-refractivity contribution in [3.8, 4) is 11.3 Å². The fourth-order valence-corrected chi connectivity index (χ4v) is 4.01. The summed E-state index contributed by atoms with van der Waals surface area (Å²) in [6.45, 7) is 1.41. The molecule has 27 heavy (non-hydrogen) atoms. The molecular formula is C16H13N5O4S2. The number of amides is 1. The van der Waals surface area contributed by atoms with Crippen molar-refractivity contribution in [2.75, 3.05) is 16.3 Å². The third-order valence-electron chi connectivity index (χ3n) is 3.56. The molecule has 0 radical (unpaired) electrons. The summed E-state index contributed by atoms with van der Waals surface area (Å²) in [4.78, 5) is 24.8. The number of thiazole rings is 1. The van der Waals surface area contributed by atoms with Gasteiger partial charge in [0.2, 0.25) is 15.9 Å². The molecule has 3 heterocycles. The van der Waals surface area contributed by atoms with E-state index in [0.717, 1.165) is 6.26 Å². The second-order valence-electron chi connectivity index (χ2n) is 5.82. The van der Waals surface area contributed by atoms with Gasteiger partial charge >= 0.3 is 0 Å². The SMILES string of the molecule is CC(=O)Nc1nc2ccc(-c3cc(NS(C)(=O)=O)c4ocnc4c3)nc2s1. The molecule has 0 atom stereocenters. The number of nitrogens with zero attached hydrogens (tertiary/aromatic N) is 3. The fourth-order valence-electron chi connectivity index (χ4n) is 2.57. The van der Waals surface area contributed by atoms with E-state index in [1.54, 1.807) is 24.3 Å². The molecule has 0 fully saturated rings. The fraction of sp³-hybridized carbons (Fsp3) is 0.125. The van der Waals surface area contributed by atoms with Gasteiger partial charge in [-0.15, -0.1) is 0 Å². The second kappa shape index (κ2) is 6.28. The summed E-state index contributed by atoms with van der Waals surface area (Å²) in [5.74, 6) is -0.206. The predicted molar refractivity (Wildman–Crippen MR) is 103 cm³/mol. The summed E-state index contributed by atoms with van der Waals surface area (Å²) in [6.07, 6.45) is 2.31. The van der Waals surface area contributed by atoms with Crippen LogP contribution in [0.5, 0.6) is 0 Å². The zero-order valence-corrected chi connectivity index (χ0v) is 15.8. The van der Waals surface area contributed by atoms with Gasteiger partial charge in [-0.3, -0.25) is 9.52 Å². The van der Waals surface area contributed by atoms with E-state index < -0.39 is 10.0 Å². The molecule has 1 amide bonds. The summed E-state index contributed by atoms with van der Waals surface area (Å²) in [6, 6.07) is 6.95. The molecule has 11 heteroatoms. The van der Waals surface area contributed by atoms with Gasteiger partial charge in [0.1, 0.15) is 15.9 Å². The lowest BCUT2D eigenvalue weighted by molar-refractivity contribution is -0.114. The topological polar surface area (TPSA) is 127 Å². The molecule has 9 nitrogen and oxygen atoms in total. The summed E-state index contributed by atoms with van der Waals surface area (Å²) in [7, 11) is -3.49. The third kappa shape index (κ3) is 3.59. The largest absolute Gasteiger partial charge is 0.441 e. The smallest absolute Gasteiger partial charge is 0.229 e. The Morgan fingerprint density at radius 3 is 2.74 bits per heavy atom. The molecule has 0 aliphatic heterocycles. The van der Waals surface area contributed by atoms with Crippen LogP contribution in [0.3, 0.4) is 0 Å². The Morgan fingerprint density at radius 2 is 2.00 bits per heavy atom. The summed E-state index contributed by atoms with van der Waals surface area (Å²) in [5.41, 5.74) is 3.07. The first-order valence-electron chi connectivity index (χ1n) is 7.69. The molecule has 138 valence electrons. The molecule has 3 aromatic heterocycles. The first kappa shape index (κ1) is 17.4. The van der Waals surface area contributed by atoms with E-state index in [1.807, 2.05) is 0 Å². The number of nitrogens with one attached hydrogen (secondary N) is 2. The highest BCUT2D eigenvalue weighted by atomic mass is 32.2. The van der Waals surface area contributed by atoms with E-state index in [1.165, 1.54) is 24.7 Å². The van der Waals surface area contributed by atoms with Gasteiger partial charge < -0.3 is 9.73 Å². The van der Waals surface area contributed by atoms with Gasteiger partial charge in [-0.1, -0.05) is 11.3 Å². The van der Waals surface area contributed by atoms with Crippen LogP contribution >= 0.6 is 11.3 Å². The van der Waals surface area contributed by atoms with Crippen LogP contribution in [-0.2, 0) is 14.8 Å². The van der Waals surface area contributed by atoms with Crippen molar-refractivity contribution in [1.82, 2.24) is 15.0 Å². The number of sulfonamides is 1. The number of fused-ring (bicyclic) bond motifs is 2. The van der Waals surface area contributed by atoms with Gasteiger partial charge in [-0.25, -0.2) is 23.4 Å². The molecular weight excluding hydrogens is 390 g/mol. The van der Waals surface area contributed by atoms with E-state index in [-0.39, 0.29) is 11.6 Å². The van der Waals surface area contributed by atoms with Gasteiger partial charge in [-0.05, 0) is 24.3 Å². The highest BCUT2D eigenvalue weighted by molar-refractivity contribution is 7.92. The quantitative estimate of drug-likeness (QED) is 0.536. The van der Waals surface area contributed by atoms with Crippen molar-refractivity contribution in [3.05, 3.63) is 30.7 Å². The van der Waals surface area contributed by atoms with Crippen LogP contribution in [0.4, 0.5) is 10.8 Å². The molecule has 1 aromatic carbocycles. The average molecular weight is 403 g/mol. The zero-order valence-electron chi connectivity index (χ0n) is 14.2. The number of carbonyl (C=O) groups is 1. The summed E-state index contributed by atoms with van der Waals surface area (Å²) < 4.78 is 31.0. The highest BCUT2D eigenvalue weighted by Crippen LogP contribution is 2.32. The van der Waals surface area contributed by atoms with E-state index in [4.69, 9.17) is 4.42 Å². The lowest BCUT2D eigenvalue weighted by Crippen LogP contribution is -2.09. The van der Waals surface area contributed by atoms with Crippen LogP contribution < -0.4 is 10.0 Å². The van der Waals surface area contributed by atoms with E-state index in [9.17, 15) is 13.2 Å². The molecule has 0 saturated carbocycles. The maximum absolute atomic E-state index is 11.6. The maximum atomic E-state index is 11.6. The molecule has 4 rings (SSSR count). The number of hydrogen-bond donors (Lipinski definition) is 2. The van der Waals surface area contributed by atoms with Crippen LogP contribution in [0.1, 0.15) is 6.92 Å². The van der Waals surface area contributed by atoms with Crippen LogP contribution in [0.2, 0.25) is 0 Å². The van der Waals surface area contributed by atoms with Crippen LogP contribution in [0.15, 0.2) is 35.1 Å². The lowest BCUT2D eigenvalue weighted by atomic mass is 10.1. The predicted octanol–water partition coefficient (Wildman–Crippen LogP) is 2.83. The van der Waals surface area contributed by atoms with Crippen molar-refractivity contribution in [1.29, 1.82) is 0 Å². The Bertz CT molecular complexity index is 1290. The molecule has 0 bridgehead atoms. The molecule has 0 spiro atoms. The number of oxazole rings is 1. The molecule has 4 aromatic rings. The van der Waals surface area contributed by atoms with E-state index in [2.05, 4.69) is 25.0 Å². The van der Waals surface area contributed by atoms with Crippen LogP contribution in [0.25, 0.3) is 32.7 Å². The van der Waals surface area contributed by atoms with Crippen molar-refractivity contribution in [3.63, 3.8) is 0 Å². The number of rotatable bonds is 4. The highest BCUT2D eigenvalue weighted by Gasteiger charge is 2.15. The molecule has 0 unspecified atom stereocenters. The van der Waals surface area contributed by atoms with Crippen LogP contribution in [0, 0.1) is 0 Å². The summed E-state index contributed by atoms with van der Waals surface area (Å²) in [5, 5.41) is 3.10. The van der Waals surface area contributed by atoms with Crippen molar-refractivity contribution < 1.29 is 17.6 Å². The minimum atomic E-state index is -3.49.